The van der Waals surface area contributed by atoms with E-state index in [0.29, 0.717) is 34.7 Å². The SMILES string of the molecule is CCC(=O)Nc1ccc(NC(=O)c2cn(-c3ccc(F)cc3)nc2-c2ccc(C)cc2)cc1. The van der Waals surface area contributed by atoms with Crippen LogP contribution in [-0.4, -0.2) is 21.6 Å². The van der Waals surface area contributed by atoms with Crippen LogP contribution in [0.15, 0.2) is 79.0 Å². The molecule has 166 valence electrons. The van der Waals surface area contributed by atoms with E-state index in [4.69, 9.17) is 0 Å². The van der Waals surface area contributed by atoms with Gasteiger partial charge in [-0.25, -0.2) is 9.07 Å². The van der Waals surface area contributed by atoms with Crippen molar-refractivity contribution in [2.24, 2.45) is 0 Å². The molecule has 4 aromatic rings. The largest absolute Gasteiger partial charge is 0.326 e. The molecule has 4 rings (SSSR count). The lowest BCUT2D eigenvalue weighted by molar-refractivity contribution is -0.115. The number of amides is 2. The van der Waals surface area contributed by atoms with Crippen molar-refractivity contribution in [2.45, 2.75) is 20.3 Å². The highest BCUT2D eigenvalue weighted by atomic mass is 19.1. The first kappa shape index (κ1) is 22.0. The van der Waals surface area contributed by atoms with Crippen LogP contribution in [0.2, 0.25) is 0 Å². The van der Waals surface area contributed by atoms with Crippen LogP contribution < -0.4 is 10.6 Å². The fourth-order valence-electron chi connectivity index (χ4n) is 3.28. The Labute approximate surface area is 191 Å². The lowest BCUT2D eigenvalue weighted by Crippen LogP contribution is -2.13. The molecule has 0 aliphatic carbocycles. The van der Waals surface area contributed by atoms with Crippen molar-refractivity contribution in [1.29, 1.82) is 0 Å². The van der Waals surface area contributed by atoms with Gasteiger partial charge in [0.15, 0.2) is 0 Å². The number of nitrogens with zero attached hydrogens (tertiary/aromatic N) is 2. The summed E-state index contributed by atoms with van der Waals surface area (Å²) in [5.41, 5.74) is 4.67. The van der Waals surface area contributed by atoms with E-state index >= 15 is 0 Å². The molecule has 0 atom stereocenters. The number of anilines is 2. The maximum absolute atomic E-state index is 13.4. The Morgan fingerprint density at radius 1 is 0.879 bits per heavy atom. The summed E-state index contributed by atoms with van der Waals surface area (Å²) in [7, 11) is 0. The molecule has 0 fully saturated rings. The third-order valence-corrected chi connectivity index (χ3v) is 5.12. The molecule has 0 bridgehead atoms. The Bertz CT molecular complexity index is 1280. The van der Waals surface area contributed by atoms with Crippen molar-refractivity contribution in [3.05, 3.63) is 95.9 Å². The van der Waals surface area contributed by atoms with Crippen LogP contribution >= 0.6 is 0 Å². The number of nitrogens with one attached hydrogen (secondary N) is 2. The summed E-state index contributed by atoms with van der Waals surface area (Å²) < 4.78 is 14.9. The first-order chi connectivity index (χ1) is 15.9. The number of hydrogen-bond acceptors (Lipinski definition) is 3. The lowest BCUT2D eigenvalue weighted by atomic mass is 10.1. The van der Waals surface area contributed by atoms with Crippen molar-refractivity contribution < 1.29 is 14.0 Å². The predicted octanol–water partition coefficient (Wildman–Crippen LogP) is 5.59. The van der Waals surface area contributed by atoms with Crippen LogP contribution in [0, 0.1) is 12.7 Å². The molecule has 1 heterocycles. The number of carbonyl (C=O) groups excluding carboxylic acids is 2. The number of rotatable bonds is 6. The van der Waals surface area contributed by atoms with E-state index < -0.39 is 0 Å². The van der Waals surface area contributed by atoms with E-state index in [-0.39, 0.29) is 17.6 Å². The Morgan fingerprint density at radius 3 is 2.09 bits per heavy atom. The van der Waals surface area contributed by atoms with Crippen LogP contribution in [0.1, 0.15) is 29.3 Å². The third-order valence-electron chi connectivity index (χ3n) is 5.12. The summed E-state index contributed by atoms with van der Waals surface area (Å²) in [4.78, 5) is 24.7. The fourth-order valence-corrected chi connectivity index (χ4v) is 3.28. The summed E-state index contributed by atoms with van der Waals surface area (Å²) in [5.74, 6) is -0.756. The minimum Gasteiger partial charge on any atom is -0.326 e. The number of benzene rings is 3. The summed E-state index contributed by atoms with van der Waals surface area (Å²) in [6, 6.07) is 20.5. The van der Waals surface area contributed by atoms with Gasteiger partial charge in [-0.1, -0.05) is 36.8 Å². The maximum Gasteiger partial charge on any atom is 0.259 e. The lowest BCUT2D eigenvalue weighted by Gasteiger charge is -2.08. The molecule has 0 spiro atoms. The molecule has 2 amide bonds. The van der Waals surface area contributed by atoms with Gasteiger partial charge in [-0.2, -0.15) is 5.10 Å². The van der Waals surface area contributed by atoms with Gasteiger partial charge in [0.1, 0.15) is 11.5 Å². The van der Waals surface area contributed by atoms with Crippen LogP contribution in [-0.2, 0) is 4.79 Å². The van der Waals surface area contributed by atoms with Crippen molar-refractivity contribution in [3.8, 4) is 16.9 Å². The van der Waals surface area contributed by atoms with Gasteiger partial charge in [-0.3, -0.25) is 9.59 Å². The number of aromatic nitrogens is 2. The van der Waals surface area contributed by atoms with Crippen molar-refractivity contribution >= 4 is 23.2 Å². The van der Waals surface area contributed by atoms with Gasteiger partial charge < -0.3 is 10.6 Å². The van der Waals surface area contributed by atoms with E-state index in [1.54, 1.807) is 54.2 Å². The van der Waals surface area contributed by atoms with Crippen molar-refractivity contribution in [2.75, 3.05) is 10.6 Å². The zero-order valence-corrected chi connectivity index (χ0v) is 18.3. The summed E-state index contributed by atoms with van der Waals surface area (Å²) in [6.07, 6.45) is 2.02. The average Bonchev–Trinajstić information content (AvgIpc) is 3.27. The monoisotopic (exact) mass is 442 g/mol. The van der Waals surface area contributed by atoms with Crippen molar-refractivity contribution in [3.63, 3.8) is 0 Å². The number of hydrogen-bond donors (Lipinski definition) is 2. The molecule has 0 radical (unpaired) electrons. The van der Waals surface area contributed by atoms with E-state index in [1.807, 2.05) is 31.2 Å². The van der Waals surface area contributed by atoms with Crippen molar-refractivity contribution in [1.82, 2.24) is 9.78 Å². The number of carbonyl (C=O) groups is 2. The van der Waals surface area contributed by atoms with Gasteiger partial charge in [0, 0.05) is 29.6 Å². The van der Waals surface area contributed by atoms with E-state index in [0.717, 1.165) is 11.1 Å². The van der Waals surface area contributed by atoms with E-state index in [2.05, 4.69) is 15.7 Å². The second-order valence-corrected chi connectivity index (χ2v) is 7.61. The Morgan fingerprint density at radius 2 is 1.48 bits per heavy atom. The average molecular weight is 442 g/mol. The van der Waals surface area contributed by atoms with Gasteiger partial charge >= 0.3 is 0 Å². The minimum atomic E-state index is -0.346. The third kappa shape index (κ3) is 5.15. The first-order valence-corrected chi connectivity index (χ1v) is 10.6. The van der Waals surface area contributed by atoms with Gasteiger partial charge in [0.2, 0.25) is 5.91 Å². The highest BCUT2D eigenvalue weighted by molar-refractivity contribution is 6.08. The molecule has 6 nitrogen and oxygen atoms in total. The molecule has 0 saturated carbocycles. The number of halogens is 1. The molecular weight excluding hydrogens is 419 g/mol. The fraction of sp³-hybridized carbons (Fsp3) is 0.115. The van der Waals surface area contributed by atoms with E-state index in [1.165, 1.54) is 12.1 Å². The second-order valence-electron chi connectivity index (χ2n) is 7.61. The summed E-state index contributed by atoms with van der Waals surface area (Å²) in [6.45, 7) is 3.77. The van der Waals surface area contributed by atoms with Gasteiger partial charge in [0.05, 0.1) is 11.3 Å². The molecule has 33 heavy (non-hydrogen) atoms. The summed E-state index contributed by atoms with van der Waals surface area (Å²) >= 11 is 0. The van der Waals surface area contributed by atoms with Crippen LogP contribution in [0.5, 0.6) is 0 Å². The highest BCUT2D eigenvalue weighted by Crippen LogP contribution is 2.25. The molecule has 7 heteroatoms. The van der Waals surface area contributed by atoms with E-state index in [9.17, 15) is 14.0 Å². The van der Waals surface area contributed by atoms with Crippen LogP contribution in [0.25, 0.3) is 16.9 Å². The number of aryl methyl sites for hydroxylation is 1. The molecule has 0 unspecified atom stereocenters. The smallest absolute Gasteiger partial charge is 0.259 e. The van der Waals surface area contributed by atoms with Gasteiger partial charge in [-0.05, 0) is 55.5 Å². The Kier molecular flexibility index (Phi) is 6.31. The predicted molar refractivity (Wildman–Crippen MR) is 127 cm³/mol. The molecule has 0 saturated heterocycles. The normalized spacial score (nSPS) is 10.6. The van der Waals surface area contributed by atoms with Gasteiger partial charge in [-0.15, -0.1) is 0 Å². The standard InChI is InChI=1S/C26H23FN4O2/c1-3-24(32)28-20-10-12-21(13-11-20)29-26(33)23-16-31(22-14-8-19(27)9-15-22)30-25(23)18-6-4-17(2)5-7-18/h4-16H,3H2,1-2H3,(H,28,32)(H,29,33). The highest BCUT2D eigenvalue weighted by Gasteiger charge is 2.19. The second kappa shape index (κ2) is 9.48. The summed E-state index contributed by atoms with van der Waals surface area (Å²) in [5, 5.41) is 10.3. The van der Waals surface area contributed by atoms with Gasteiger partial charge in [0.25, 0.3) is 5.91 Å². The zero-order chi connectivity index (χ0) is 23.4. The molecular formula is C26H23FN4O2. The van der Waals surface area contributed by atoms with Crippen LogP contribution in [0.4, 0.5) is 15.8 Å². The van der Waals surface area contributed by atoms with Crippen LogP contribution in [0.3, 0.4) is 0 Å². The minimum absolute atomic E-state index is 0.0808. The molecule has 3 aromatic carbocycles. The first-order valence-electron chi connectivity index (χ1n) is 10.6. The quantitative estimate of drug-likeness (QED) is 0.409. The molecule has 1 aromatic heterocycles. The Hall–Kier alpha value is -4.26. The molecule has 2 N–H and O–H groups in total. The maximum atomic E-state index is 13.4. The molecule has 0 aliphatic heterocycles. The zero-order valence-electron chi connectivity index (χ0n) is 18.3. The Balaban J connectivity index is 1.64. The topological polar surface area (TPSA) is 76.0 Å². The molecule has 0 aliphatic rings.